The van der Waals surface area contributed by atoms with Gasteiger partial charge in [-0.2, -0.15) is 0 Å². The molecule has 0 aliphatic carbocycles. The van der Waals surface area contributed by atoms with Gasteiger partial charge in [0, 0.05) is 36.4 Å². The third-order valence-electron chi connectivity index (χ3n) is 4.54. The minimum atomic E-state index is -0.418. The number of likely N-dealkylation sites (tertiary alicyclic amines) is 1. The van der Waals surface area contributed by atoms with Gasteiger partial charge in [-0.1, -0.05) is 11.6 Å². The van der Waals surface area contributed by atoms with Gasteiger partial charge in [0.1, 0.15) is 18.1 Å². The highest BCUT2D eigenvalue weighted by Crippen LogP contribution is 2.29. The minimum absolute atomic E-state index is 0.0559. The number of rotatable bonds is 5. The van der Waals surface area contributed by atoms with E-state index < -0.39 is 5.91 Å². The summed E-state index contributed by atoms with van der Waals surface area (Å²) >= 11 is 5.98. The van der Waals surface area contributed by atoms with E-state index >= 15 is 0 Å². The molecule has 8 heteroatoms. The molecule has 0 spiro atoms. The van der Waals surface area contributed by atoms with E-state index in [1.165, 1.54) is 7.11 Å². The Morgan fingerprint density at radius 2 is 2.23 bits per heavy atom. The maximum atomic E-state index is 13.0. The summed E-state index contributed by atoms with van der Waals surface area (Å²) in [5, 5.41) is 0.517. The predicted molar refractivity (Wildman–Crippen MR) is 97.3 cm³/mol. The molecule has 2 heterocycles. The van der Waals surface area contributed by atoms with Crippen molar-refractivity contribution in [2.75, 3.05) is 20.2 Å². The van der Waals surface area contributed by atoms with Crippen LogP contribution in [-0.2, 0) is 11.3 Å². The van der Waals surface area contributed by atoms with Gasteiger partial charge in [0.2, 0.25) is 5.91 Å². The number of hydrogen-bond donors (Lipinski definition) is 1. The summed E-state index contributed by atoms with van der Waals surface area (Å²) in [6.07, 6.45) is 5.15. The van der Waals surface area contributed by atoms with Crippen molar-refractivity contribution in [3.63, 3.8) is 0 Å². The van der Waals surface area contributed by atoms with E-state index in [1.54, 1.807) is 40.1 Å². The number of nitrogens with zero attached hydrogens (tertiary/aromatic N) is 3. The number of aromatic nitrogens is 2. The van der Waals surface area contributed by atoms with Crippen LogP contribution in [0.5, 0.6) is 5.75 Å². The topological polar surface area (TPSA) is 90.4 Å². The van der Waals surface area contributed by atoms with Gasteiger partial charge in [-0.05, 0) is 31.0 Å². The standard InChI is InChI=1S/C18H21ClN4O3/c1-26-15-9-13(19)4-5-14(15)18(25)23-7-2-3-12(10-23)17-21-6-8-22(17)11-16(20)24/h4-6,8-9,12H,2-3,7,10-11H2,1H3,(H2,20,24)/t12-/m1/s1. The molecule has 1 saturated heterocycles. The third-order valence-corrected chi connectivity index (χ3v) is 4.78. The number of amides is 2. The Labute approximate surface area is 156 Å². The Hall–Kier alpha value is -2.54. The van der Waals surface area contributed by atoms with Crippen molar-refractivity contribution in [2.24, 2.45) is 5.73 Å². The monoisotopic (exact) mass is 376 g/mol. The van der Waals surface area contributed by atoms with E-state index in [9.17, 15) is 9.59 Å². The number of imidazole rings is 1. The second-order valence-electron chi connectivity index (χ2n) is 6.31. The van der Waals surface area contributed by atoms with Crippen LogP contribution >= 0.6 is 11.6 Å². The van der Waals surface area contributed by atoms with E-state index in [0.29, 0.717) is 29.4 Å². The highest BCUT2D eigenvalue weighted by Gasteiger charge is 2.29. The Kier molecular flexibility index (Phi) is 5.46. The summed E-state index contributed by atoms with van der Waals surface area (Å²) in [7, 11) is 1.52. The molecular formula is C18H21ClN4O3. The van der Waals surface area contributed by atoms with E-state index in [-0.39, 0.29) is 18.4 Å². The van der Waals surface area contributed by atoms with Crippen LogP contribution in [0.25, 0.3) is 0 Å². The summed E-state index contributed by atoms with van der Waals surface area (Å²) in [6.45, 7) is 1.28. The zero-order valence-electron chi connectivity index (χ0n) is 14.5. The van der Waals surface area contributed by atoms with Crippen LogP contribution in [0.3, 0.4) is 0 Å². The van der Waals surface area contributed by atoms with E-state index in [4.69, 9.17) is 22.1 Å². The number of carbonyl (C=O) groups is 2. The van der Waals surface area contributed by atoms with E-state index in [0.717, 1.165) is 18.7 Å². The Morgan fingerprint density at radius 1 is 1.42 bits per heavy atom. The first kappa shape index (κ1) is 18.3. The molecule has 3 rings (SSSR count). The summed E-state index contributed by atoms with van der Waals surface area (Å²) in [5.74, 6) is 0.777. The van der Waals surface area contributed by atoms with Crippen molar-refractivity contribution >= 4 is 23.4 Å². The number of carbonyl (C=O) groups excluding carboxylic acids is 2. The van der Waals surface area contributed by atoms with Crippen molar-refractivity contribution in [3.8, 4) is 5.75 Å². The SMILES string of the molecule is COc1cc(Cl)ccc1C(=O)N1CCC[C@@H](c2nccn2CC(N)=O)C1. The first-order valence-corrected chi connectivity index (χ1v) is 8.79. The normalized spacial score (nSPS) is 17.2. The van der Waals surface area contributed by atoms with E-state index in [1.807, 2.05) is 0 Å². The first-order valence-electron chi connectivity index (χ1n) is 8.41. The van der Waals surface area contributed by atoms with Gasteiger partial charge < -0.3 is 19.9 Å². The quantitative estimate of drug-likeness (QED) is 0.864. The number of halogens is 1. The summed E-state index contributed by atoms with van der Waals surface area (Å²) in [5.41, 5.74) is 5.79. The van der Waals surface area contributed by atoms with Crippen LogP contribution in [0, 0.1) is 0 Å². The van der Waals surface area contributed by atoms with Crippen molar-refractivity contribution in [1.82, 2.24) is 14.5 Å². The first-order chi connectivity index (χ1) is 12.5. The van der Waals surface area contributed by atoms with Crippen molar-refractivity contribution in [3.05, 3.63) is 47.0 Å². The average molecular weight is 377 g/mol. The molecule has 1 aromatic carbocycles. The van der Waals surface area contributed by atoms with Crippen LogP contribution in [0.4, 0.5) is 0 Å². The molecule has 2 N–H and O–H groups in total. The third kappa shape index (κ3) is 3.83. The number of hydrogen-bond acceptors (Lipinski definition) is 4. The number of nitrogens with two attached hydrogens (primary N) is 1. The summed E-state index contributed by atoms with van der Waals surface area (Å²) < 4.78 is 7.05. The second-order valence-corrected chi connectivity index (χ2v) is 6.75. The minimum Gasteiger partial charge on any atom is -0.496 e. The molecule has 0 radical (unpaired) electrons. The molecule has 0 saturated carbocycles. The molecule has 0 bridgehead atoms. The molecule has 1 atom stereocenters. The summed E-state index contributed by atoms with van der Waals surface area (Å²) in [4.78, 5) is 30.4. The van der Waals surface area contributed by atoms with Crippen LogP contribution in [0.15, 0.2) is 30.6 Å². The molecule has 1 aliphatic heterocycles. The lowest BCUT2D eigenvalue weighted by Crippen LogP contribution is -2.40. The summed E-state index contributed by atoms with van der Waals surface area (Å²) in [6, 6.07) is 5.00. The number of methoxy groups -OCH3 is 1. The lowest BCUT2D eigenvalue weighted by atomic mass is 9.96. The Bertz CT molecular complexity index is 821. The number of benzene rings is 1. The smallest absolute Gasteiger partial charge is 0.257 e. The van der Waals surface area contributed by atoms with Crippen LogP contribution in [-0.4, -0.2) is 46.5 Å². The van der Waals surface area contributed by atoms with Crippen LogP contribution < -0.4 is 10.5 Å². The van der Waals surface area contributed by atoms with Crippen molar-refractivity contribution in [1.29, 1.82) is 0 Å². The fourth-order valence-electron chi connectivity index (χ4n) is 3.37. The highest BCUT2D eigenvalue weighted by molar-refractivity contribution is 6.30. The van der Waals surface area contributed by atoms with Gasteiger partial charge in [-0.25, -0.2) is 4.98 Å². The molecule has 7 nitrogen and oxygen atoms in total. The van der Waals surface area contributed by atoms with Gasteiger partial charge in [0.05, 0.1) is 12.7 Å². The zero-order valence-corrected chi connectivity index (χ0v) is 15.3. The predicted octanol–water partition coefficient (Wildman–Crippen LogP) is 2.05. The molecule has 1 fully saturated rings. The fraction of sp³-hybridized carbons (Fsp3) is 0.389. The lowest BCUT2D eigenvalue weighted by Gasteiger charge is -2.33. The molecule has 0 unspecified atom stereocenters. The van der Waals surface area contributed by atoms with Crippen molar-refractivity contribution < 1.29 is 14.3 Å². The fourth-order valence-corrected chi connectivity index (χ4v) is 3.53. The van der Waals surface area contributed by atoms with Gasteiger partial charge >= 0.3 is 0 Å². The molecule has 26 heavy (non-hydrogen) atoms. The van der Waals surface area contributed by atoms with Gasteiger partial charge in [-0.15, -0.1) is 0 Å². The van der Waals surface area contributed by atoms with Gasteiger partial charge in [0.25, 0.3) is 5.91 Å². The van der Waals surface area contributed by atoms with Gasteiger partial charge in [0.15, 0.2) is 0 Å². The Morgan fingerprint density at radius 3 is 2.96 bits per heavy atom. The van der Waals surface area contributed by atoms with Gasteiger partial charge in [-0.3, -0.25) is 9.59 Å². The second kappa shape index (κ2) is 7.78. The van der Waals surface area contributed by atoms with Crippen LogP contribution in [0.1, 0.15) is 34.9 Å². The largest absolute Gasteiger partial charge is 0.496 e. The zero-order chi connectivity index (χ0) is 18.7. The number of ether oxygens (including phenoxy) is 1. The highest BCUT2D eigenvalue weighted by atomic mass is 35.5. The maximum Gasteiger partial charge on any atom is 0.257 e. The number of primary amides is 1. The maximum absolute atomic E-state index is 13.0. The lowest BCUT2D eigenvalue weighted by molar-refractivity contribution is -0.118. The number of piperidine rings is 1. The molecule has 1 aromatic heterocycles. The van der Waals surface area contributed by atoms with Crippen LogP contribution in [0.2, 0.25) is 5.02 Å². The van der Waals surface area contributed by atoms with E-state index in [2.05, 4.69) is 4.98 Å². The molecule has 1 aliphatic rings. The molecule has 2 aromatic rings. The van der Waals surface area contributed by atoms with Crippen molar-refractivity contribution in [2.45, 2.75) is 25.3 Å². The Balaban J connectivity index is 1.80. The molecule has 2 amide bonds. The average Bonchev–Trinajstić information content (AvgIpc) is 3.08. The molecule has 138 valence electrons. The molecular weight excluding hydrogens is 356 g/mol.